The summed E-state index contributed by atoms with van der Waals surface area (Å²) in [6.07, 6.45) is 0. The summed E-state index contributed by atoms with van der Waals surface area (Å²) < 4.78 is 0. The number of hydrogen-bond donors (Lipinski definition) is 2. The van der Waals surface area contributed by atoms with Crippen LogP contribution in [0, 0.1) is 0 Å². The molecule has 0 fully saturated rings. The van der Waals surface area contributed by atoms with Crippen molar-refractivity contribution in [2.45, 2.75) is 0 Å². The number of carboxylic acid groups (broad SMARTS) is 1. The molecule has 0 aliphatic rings. The Bertz CT molecular complexity index is 905. The summed E-state index contributed by atoms with van der Waals surface area (Å²) in [4.78, 5) is 11.2. The molecule has 0 aromatic heterocycles. The zero-order valence-electron chi connectivity index (χ0n) is 12.6. The van der Waals surface area contributed by atoms with E-state index < -0.39 is 5.97 Å². The molecule has 3 rings (SSSR count). The van der Waals surface area contributed by atoms with Gasteiger partial charge >= 0.3 is 5.97 Å². The van der Waals surface area contributed by atoms with E-state index in [1.165, 1.54) is 6.07 Å². The van der Waals surface area contributed by atoms with Crippen molar-refractivity contribution in [3.8, 4) is 16.9 Å². The molecule has 118 valence electrons. The van der Waals surface area contributed by atoms with Crippen molar-refractivity contribution in [1.82, 2.24) is 0 Å². The first-order valence-electron chi connectivity index (χ1n) is 7.28. The van der Waals surface area contributed by atoms with Gasteiger partial charge in [0.25, 0.3) is 0 Å². The minimum absolute atomic E-state index is 0.151. The van der Waals surface area contributed by atoms with Crippen LogP contribution in [0.3, 0.4) is 0 Å². The fourth-order valence-corrected chi connectivity index (χ4v) is 2.33. The number of rotatable bonds is 4. The molecule has 0 heterocycles. The normalized spacial score (nSPS) is 10.8. The lowest BCUT2D eigenvalue weighted by atomic mass is 10.00. The summed E-state index contributed by atoms with van der Waals surface area (Å²) in [5.41, 5.74) is 2.10. The molecule has 0 spiro atoms. The van der Waals surface area contributed by atoms with Gasteiger partial charge < -0.3 is 10.2 Å². The van der Waals surface area contributed by atoms with E-state index in [2.05, 4.69) is 10.2 Å². The van der Waals surface area contributed by atoms with Crippen molar-refractivity contribution in [3.63, 3.8) is 0 Å². The van der Waals surface area contributed by atoms with Crippen molar-refractivity contribution >= 4 is 17.3 Å². The summed E-state index contributed by atoms with van der Waals surface area (Å²) in [5, 5.41) is 27.8. The zero-order chi connectivity index (χ0) is 16.9. The zero-order valence-corrected chi connectivity index (χ0v) is 12.6. The highest BCUT2D eigenvalue weighted by Crippen LogP contribution is 2.38. The highest BCUT2D eigenvalue weighted by atomic mass is 16.4. The molecule has 0 saturated heterocycles. The fraction of sp³-hybridized carbons (Fsp3) is 0. The first-order valence-corrected chi connectivity index (χ1v) is 7.28. The van der Waals surface area contributed by atoms with Crippen LogP contribution in [0.25, 0.3) is 11.1 Å². The minimum atomic E-state index is -1.18. The summed E-state index contributed by atoms with van der Waals surface area (Å²) in [6, 6.07) is 21.0. The summed E-state index contributed by atoms with van der Waals surface area (Å²) in [5.74, 6) is -1.47. The first kappa shape index (κ1) is 15.4. The van der Waals surface area contributed by atoms with E-state index in [1.807, 2.05) is 30.3 Å². The molecule has 2 N–H and O–H groups in total. The Morgan fingerprint density at radius 1 is 0.750 bits per heavy atom. The molecule has 0 amide bonds. The number of carbonyl (C=O) groups is 1. The number of aromatic hydroxyl groups is 1. The second kappa shape index (κ2) is 6.75. The van der Waals surface area contributed by atoms with Gasteiger partial charge in [0.05, 0.1) is 11.4 Å². The number of hydrogen-bond acceptors (Lipinski definition) is 4. The van der Waals surface area contributed by atoms with Gasteiger partial charge in [-0.25, -0.2) is 4.79 Å². The van der Waals surface area contributed by atoms with E-state index in [1.54, 1.807) is 36.4 Å². The maximum Gasteiger partial charge on any atom is 0.339 e. The Morgan fingerprint density at radius 2 is 1.42 bits per heavy atom. The van der Waals surface area contributed by atoms with Crippen LogP contribution in [0.5, 0.6) is 5.75 Å². The molecule has 3 aromatic rings. The monoisotopic (exact) mass is 318 g/mol. The van der Waals surface area contributed by atoms with Gasteiger partial charge in [-0.2, -0.15) is 5.11 Å². The topological polar surface area (TPSA) is 82.2 Å². The lowest BCUT2D eigenvalue weighted by Crippen LogP contribution is -1.97. The number of para-hydroxylation sites is 1. The van der Waals surface area contributed by atoms with Gasteiger partial charge in [-0.1, -0.05) is 48.5 Å². The van der Waals surface area contributed by atoms with E-state index in [0.717, 1.165) is 0 Å². The summed E-state index contributed by atoms with van der Waals surface area (Å²) >= 11 is 0. The van der Waals surface area contributed by atoms with Gasteiger partial charge in [-0.15, -0.1) is 5.11 Å². The molecule has 0 unspecified atom stereocenters. The van der Waals surface area contributed by atoms with Gasteiger partial charge in [0, 0.05) is 11.1 Å². The van der Waals surface area contributed by atoms with Crippen LogP contribution in [-0.4, -0.2) is 16.2 Å². The maximum atomic E-state index is 11.2. The predicted octanol–water partition coefficient (Wildman–Crippen LogP) is 5.17. The van der Waals surface area contributed by atoms with Gasteiger partial charge in [0.1, 0.15) is 11.3 Å². The average molecular weight is 318 g/mol. The molecule has 0 atom stereocenters. The Labute approximate surface area is 138 Å². The number of aromatic carboxylic acids is 1. The molecule has 5 heteroatoms. The highest BCUT2D eigenvalue weighted by molar-refractivity contribution is 5.95. The van der Waals surface area contributed by atoms with Crippen LogP contribution in [0.15, 0.2) is 83.0 Å². The summed E-state index contributed by atoms with van der Waals surface area (Å²) in [6.45, 7) is 0. The lowest BCUT2D eigenvalue weighted by Gasteiger charge is -2.09. The lowest BCUT2D eigenvalue weighted by molar-refractivity contribution is 0.0694. The van der Waals surface area contributed by atoms with Crippen molar-refractivity contribution in [2.24, 2.45) is 10.2 Å². The molecule has 0 aliphatic heterocycles. The average Bonchev–Trinajstić information content (AvgIpc) is 2.61. The third-order valence-electron chi connectivity index (χ3n) is 3.49. The van der Waals surface area contributed by atoms with Crippen LogP contribution < -0.4 is 0 Å². The Balaban J connectivity index is 2.06. The van der Waals surface area contributed by atoms with E-state index in [-0.39, 0.29) is 11.3 Å². The molecule has 0 saturated carbocycles. The van der Waals surface area contributed by atoms with Gasteiger partial charge in [0.15, 0.2) is 0 Å². The number of carboxylic acids is 1. The fourth-order valence-electron chi connectivity index (χ4n) is 2.33. The van der Waals surface area contributed by atoms with Crippen molar-refractivity contribution < 1.29 is 15.0 Å². The van der Waals surface area contributed by atoms with Gasteiger partial charge in [-0.05, 0) is 24.3 Å². The van der Waals surface area contributed by atoms with E-state index >= 15 is 0 Å². The van der Waals surface area contributed by atoms with E-state index in [4.69, 9.17) is 5.11 Å². The van der Waals surface area contributed by atoms with Crippen molar-refractivity contribution in [3.05, 3.63) is 78.4 Å². The molecule has 3 aromatic carbocycles. The molecule has 0 bridgehead atoms. The number of azo groups is 1. The van der Waals surface area contributed by atoms with Crippen molar-refractivity contribution in [2.75, 3.05) is 0 Å². The van der Waals surface area contributed by atoms with Gasteiger partial charge in [-0.3, -0.25) is 0 Å². The Kier molecular flexibility index (Phi) is 4.34. The molecular weight excluding hydrogens is 304 g/mol. The summed E-state index contributed by atoms with van der Waals surface area (Å²) in [7, 11) is 0. The van der Waals surface area contributed by atoms with Crippen LogP contribution in [0.2, 0.25) is 0 Å². The molecule has 0 radical (unpaired) electrons. The van der Waals surface area contributed by atoms with E-state index in [9.17, 15) is 9.90 Å². The third kappa shape index (κ3) is 3.15. The second-order valence-corrected chi connectivity index (χ2v) is 5.06. The number of phenols is 1. The Morgan fingerprint density at radius 3 is 2.17 bits per heavy atom. The SMILES string of the molecule is O=C(O)c1cccc(-c2ccccc2N=Nc2ccccc2)c1O. The molecular formula is C19H14N2O3. The standard InChI is InChI=1S/C19H14N2O3/c22-18-15(10-6-11-16(18)19(23)24)14-9-4-5-12-17(14)21-20-13-7-2-1-3-8-13/h1-12,22H,(H,23,24). The van der Waals surface area contributed by atoms with Crippen LogP contribution in [-0.2, 0) is 0 Å². The molecule has 24 heavy (non-hydrogen) atoms. The minimum Gasteiger partial charge on any atom is -0.506 e. The quantitative estimate of drug-likeness (QED) is 0.651. The maximum absolute atomic E-state index is 11.2. The second-order valence-electron chi connectivity index (χ2n) is 5.06. The molecule has 5 nitrogen and oxygen atoms in total. The van der Waals surface area contributed by atoms with Crippen LogP contribution in [0.1, 0.15) is 10.4 Å². The van der Waals surface area contributed by atoms with Crippen molar-refractivity contribution in [1.29, 1.82) is 0 Å². The Hall–Kier alpha value is -3.47. The largest absolute Gasteiger partial charge is 0.506 e. The smallest absolute Gasteiger partial charge is 0.339 e. The van der Waals surface area contributed by atoms with Crippen LogP contribution >= 0.6 is 0 Å². The first-order chi connectivity index (χ1) is 11.7. The number of benzene rings is 3. The highest BCUT2D eigenvalue weighted by Gasteiger charge is 2.16. The van der Waals surface area contributed by atoms with Crippen LogP contribution in [0.4, 0.5) is 11.4 Å². The number of nitrogens with zero attached hydrogens (tertiary/aromatic N) is 2. The molecule has 0 aliphatic carbocycles. The predicted molar refractivity (Wildman–Crippen MR) is 91.1 cm³/mol. The third-order valence-corrected chi connectivity index (χ3v) is 3.49. The van der Waals surface area contributed by atoms with Gasteiger partial charge in [0.2, 0.25) is 0 Å². The van der Waals surface area contributed by atoms with E-state index in [0.29, 0.717) is 22.5 Å².